The van der Waals surface area contributed by atoms with Crippen LogP contribution in [-0.4, -0.2) is 64.3 Å². The number of guanidine groups is 1. The van der Waals surface area contributed by atoms with E-state index >= 15 is 0 Å². The normalized spacial score (nSPS) is 17.0. The number of aliphatic imine (C=N–C) groups is 1. The van der Waals surface area contributed by atoms with Crippen molar-refractivity contribution in [1.29, 1.82) is 0 Å². The highest BCUT2D eigenvalue weighted by Crippen LogP contribution is 2.34. The SMILES string of the molecule is CCNC(=NCC(C1CC1)N(C)C)NCCOC.I. The maximum absolute atomic E-state index is 5.03. The molecule has 0 amide bonds. The third kappa shape index (κ3) is 7.94. The fourth-order valence-corrected chi connectivity index (χ4v) is 2.01. The number of ether oxygens (including phenoxy) is 1. The largest absolute Gasteiger partial charge is 0.383 e. The van der Waals surface area contributed by atoms with Crippen LogP contribution in [0.25, 0.3) is 0 Å². The van der Waals surface area contributed by atoms with Crippen molar-refractivity contribution in [2.45, 2.75) is 25.8 Å². The molecule has 1 aliphatic rings. The highest BCUT2D eigenvalue weighted by Gasteiger charge is 2.32. The lowest BCUT2D eigenvalue weighted by molar-refractivity contribution is 0.203. The van der Waals surface area contributed by atoms with E-state index in [1.165, 1.54) is 12.8 Å². The summed E-state index contributed by atoms with van der Waals surface area (Å²) in [5.74, 6) is 1.73. The topological polar surface area (TPSA) is 48.9 Å². The number of hydrogen-bond acceptors (Lipinski definition) is 3. The zero-order valence-electron chi connectivity index (χ0n) is 12.6. The van der Waals surface area contributed by atoms with Gasteiger partial charge in [0.05, 0.1) is 13.2 Å². The minimum Gasteiger partial charge on any atom is -0.383 e. The van der Waals surface area contributed by atoms with E-state index in [-0.39, 0.29) is 24.0 Å². The van der Waals surface area contributed by atoms with Crippen LogP contribution in [-0.2, 0) is 4.74 Å². The molecule has 2 N–H and O–H groups in total. The van der Waals surface area contributed by atoms with Crippen LogP contribution < -0.4 is 10.6 Å². The average molecular weight is 384 g/mol. The molecule has 0 aromatic rings. The van der Waals surface area contributed by atoms with E-state index in [0.717, 1.165) is 31.5 Å². The summed E-state index contributed by atoms with van der Waals surface area (Å²) in [6.07, 6.45) is 2.71. The molecule has 0 saturated heterocycles. The maximum Gasteiger partial charge on any atom is 0.191 e. The van der Waals surface area contributed by atoms with Crippen LogP contribution in [0, 0.1) is 5.92 Å². The minimum absolute atomic E-state index is 0. The Hall–Kier alpha value is -0.0800. The van der Waals surface area contributed by atoms with Gasteiger partial charge in [0.1, 0.15) is 0 Å². The zero-order valence-corrected chi connectivity index (χ0v) is 14.9. The van der Waals surface area contributed by atoms with Crippen LogP contribution in [0.4, 0.5) is 0 Å². The van der Waals surface area contributed by atoms with Crippen molar-refractivity contribution in [2.75, 3.05) is 47.4 Å². The monoisotopic (exact) mass is 384 g/mol. The summed E-state index contributed by atoms with van der Waals surface area (Å²) >= 11 is 0. The molecule has 19 heavy (non-hydrogen) atoms. The fraction of sp³-hybridized carbons (Fsp3) is 0.923. The van der Waals surface area contributed by atoms with Gasteiger partial charge in [0.25, 0.3) is 0 Å². The zero-order chi connectivity index (χ0) is 13.4. The summed E-state index contributed by atoms with van der Waals surface area (Å²) in [6.45, 7) is 5.31. The van der Waals surface area contributed by atoms with Gasteiger partial charge in [-0.2, -0.15) is 0 Å². The van der Waals surface area contributed by atoms with Crippen molar-refractivity contribution >= 4 is 29.9 Å². The molecule has 1 unspecified atom stereocenters. The fourth-order valence-electron chi connectivity index (χ4n) is 2.01. The highest BCUT2D eigenvalue weighted by atomic mass is 127. The second-order valence-electron chi connectivity index (χ2n) is 5.01. The summed E-state index contributed by atoms with van der Waals surface area (Å²) in [5.41, 5.74) is 0. The van der Waals surface area contributed by atoms with Crippen LogP contribution in [0.3, 0.4) is 0 Å². The molecule has 1 aliphatic carbocycles. The first-order valence-electron chi connectivity index (χ1n) is 6.86. The Morgan fingerprint density at radius 2 is 2.05 bits per heavy atom. The van der Waals surface area contributed by atoms with E-state index in [4.69, 9.17) is 4.74 Å². The van der Waals surface area contributed by atoms with Gasteiger partial charge in [0, 0.05) is 26.2 Å². The molecule has 0 aromatic carbocycles. The second-order valence-corrected chi connectivity index (χ2v) is 5.01. The Morgan fingerprint density at radius 1 is 1.37 bits per heavy atom. The highest BCUT2D eigenvalue weighted by molar-refractivity contribution is 14.0. The summed E-state index contributed by atoms with van der Waals surface area (Å²) < 4.78 is 5.03. The van der Waals surface area contributed by atoms with E-state index in [9.17, 15) is 0 Å². The predicted octanol–water partition coefficient (Wildman–Crippen LogP) is 1.15. The van der Waals surface area contributed by atoms with E-state index in [0.29, 0.717) is 12.6 Å². The Kier molecular flexibility index (Phi) is 10.6. The molecule has 1 atom stereocenters. The van der Waals surface area contributed by atoms with E-state index in [2.05, 4.69) is 41.5 Å². The van der Waals surface area contributed by atoms with Gasteiger partial charge < -0.3 is 20.3 Å². The number of methoxy groups -OCH3 is 1. The van der Waals surface area contributed by atoms with Gasteiger partial charge in [-0.1, -0.05) is 0 Å². The van der Waals surface area contributed by atoms with Crippen molar-refractivity contribution in [3.63, 3.8) is 0 Å². The third-order valence-electron chi connectivity index (χ3n) is 3.21. The van der Waals surface area contributed by atoms with Crippen molar-refractivity contribution in [3.8, 4) is 0 Å². The lowest BCUT2D eigenvalue weighted by Gasteiger charge is -2.22. The maximum atomic E-state index is 5.03. The van der Waals surface area contributed by atoms with Gasteiger partial charge in [0.2, 0.25) is 0 Å². The van der Waals surface area contributed by atoms with Gasteiger partial charge in [-0.15, -0.1) is 24.0 Å². The average Bonchev–Trinajstić information content (AvgIpc) is 3.13. The molecule has 0 heterocycles. The number of nitrogens with one attached hydrogen (secondary N) is 2. The molecule has 0 spiro atoms. The molecule has 5 nitrogen and oxygen atoms in total. The van der Waals surface area contributed by atoms with Crippen LogP contribution >= 0.6 is 24.0 Å². The van der Waals surface area contributed by atoms with Gasteiger partial charge in [0.15, 0.2) is 5.96 Å². The number of nitrogens with zero attached hydrogens (tertiary/aromatic N) is 2. The smallest absolute Gasteiger partial charge is 0.191 e. The molecular weight excluding hydrogens is 355 g/mol. The summed E-state index contributed by atoms with van der Waals surface area (Å²) in [7, 11) is 5.99. The summed E-state index contributed by atoms with van der Waals surface area (Å²) in [5, 5.41) is 6.53. The molecule has 0 aliphatic heterocycles. The lowest BCUT2D eigenvalue weighted by Crippen LogP contribution is -2.40. The van der Waals surface area contributed by atoms with E-state index < -0.39 is 0 Å². The Balaban J connectivity index is 0.00000324. The predicted molar refractivity (Wildman–Crippen MR) is 91.5 cm³/mol. The molecule has 6 heteroatoms. The number of hydrogen-bond donors (Lipinski definition) is 2. The van der Waals surface area contributed by atoms with Crippen molar-refractivity contribution < 1.29 is 4.74 Å². The molecular formula is C13H29IN4O. The van der Waals surface area contributed by atoms with Crippen LogP contribution in [0.5, 0.6) is 0 Å². The Labute approximate surface area is 134 Å². The summed E-state index contributed by atoms with van der Waals surface area (Å²) in [4.78, 5) is 6.96. The molecule has 0 aromatic heterocycles. The first-order chi connectivity index (χ1) is 8.69. The number of rotatable bonds is 8. The minimum atomic E-state index is 0. The quantitative estimate of drug-likeness (QED) is 0.285. The van der Waals surface area contributed by atoms with E-state index in [1.54, 1.807) is 7.11 Å². The van der Waals surface area contributed by atoms with Crippen molar-refractivity contribution in [1.82, 2.24) is 15.5 Å². The summed E-state index contributed by atoms with van der Waals surface area (Å²) in [6, 6.07) is 0.572. The first kappa shape index (κ1) is 18.9. The molecule has 114 valence electrons. The standard InChI is InChI=1S/C13H28N4O.HI/c1-5-14-13(15-8-9-18-4)16-10-12(17(2)3)11-6-7-11;/h11-12H,5-10H2,1-4H3,(H2,14,15,16);1H. The molecule has 0 radical (unpaired) electrons. The number of likely N-dealkylation sites (N-methyl/N-ethyl adjacent to an activating group) is 1. The van der Waals surface area contributed by atoms with Crippen LogP contribution in [0.2, 0.25) is 0 Å². The molecule has 0 bridgehead atoms. The van der Waals surface area contributed by atoms with Crippen molar-refractivity contribution in [2.24, 2.45) is 10.9 Å². The second kappa shape index (κ2) is 10.7. The lowest BCUT2D eigenvalue weighted by atomic mass is 10.2. The Bertz CT molecular complexity index is 255. The first-order valence-corrected chi connectivity index (χ1v) is 6.86. The van der Waals surface area contributed by atoms with Gasteiger partial charge in [-0.25, -0.2) is 0 Å². The van der Waals surface area contributed by atoms with Crippen LogP contribution in [0.15, 0.2) is 4.99 Å². The Morgan fingerprint density at radius 3 is 2.53 bits per heavy atom. The molecule has 1 rings (SSSR count). The van der Waals surface area contributed by atoms with Crippen molar-refractivity contribution in [3.05, 3.63) is 0 Å². The molecule has 1 saturated carbocycles. The number of halogens is 1. The molecule has 1 fully saturated rings. The van der Waals surface area contributed by atoms with Gasteiger partial charge >= 0.3 is 0 Å². The third-order valence-corrected chi connectivity index (χ3v) is 3.21. The van der Waals surface area contributed by atoms with E-state index in [1.807, 2.05) is 0 Å². The van der Waals surface area contributed by atoms with Crippen LogP contribution in [0.1, 0.15) is 19.8 Å². The van der Waals surface area contributed by atoms with Gasteiger partial charge in [-0.05, 0) is 39.8 Å². The van der Waals surface area contributed by atoms with Gasteiger partial charge in [-0.3, -0.25) is 4.99 Å².